The molecule has 8 heteroatoms. The van der Waals surface area contributed by atoms with Gasteiger partial charge in [0.25, 0.3) is 0 Å². The van der Waals surface area contributed by atoms with Crippen molar-refractivity contribution < 1.29 is 14.3 Å². The quantitative estimate of drug-likeness (QED) is 0.877. The van der Waals surface area contributed by atoms with Crippen LogP contribution in [0.15, 0.2) is 17.3 Å². The molecule has 3 N–H and O–H groups in total. The third-order valence-corrected chi connectivity index (χ3v) is 4.36. The van der Waals surface area contributed by atoms with Gasteiger partial charge in [0.2, 0.25) is 11.1 Å². The van der Waals surface area contributed by atoms with Crippen LogP contribution in [0.2, 0.25) is 0 Å². The molecule has 3 rings (SSSR count). The summed E-state index contributed by atoms with van der Waals surface area (Å²) in [6.07, 6.45) is 0.605. The number of nitrogens with zero attached hydrogens (tertiary/aromatic N) is 2. The zero-order chi connectivity index (χ0) is 15.0. The third-order valence-electron chi connectivity index (χ3n) is 3.30. The summed E-state index contributed by atoms with van der Waals surface area (Å²) in [5.41, 5.74) is 7.09. The first-order valence-electron chi connectivity index (χ1n) is 6.26. The van der Waals surface area contributed by atoms with Gasteiger partial charge in [-0.3, -0.25) is 4.79 Å². The van der Waals surface area contributed by atoms with Crippen LogP contribution in [0.3, 0.4) is 0 Å². The molecule has 1 heterocycles. The van der Waals surface area contributed by atoms with Crippen molar-refractivity contribution in [3.05, 3.63) is 23.3 Å². The Morgan fingerprint density at radius 2 is 2.05 bits per heavy atom. The van der Waals surface area contributed by atoms with Gasteiger partial charge in [0.05, 0.1) is 19.5 Å². The summed E-state index contributed by atoms with van der Waals surface area (Å²) in [5, 5.41) is 6.72. The van der Waals surface area contributed by atoms with E-state index in [1.165, 1.54) is 11.8 Å². The first-order valence-corrected chi connectivity index (χ1v) is 7.14. The third kappa shape index (κ3) is 2.42. The lowest BCUT2D eigenvalue weighted by Gasteiger charge is -2.09. The Kier molecular flexibility index (Phi) is 3.46. The molecule has 1 aliphatic rings. The number of H-pyrrole nitrogens is 1. The summed E-state index contributed by atoms with van der Waals surface area (Å²) in [7, 11) is 3.12. The van der Waals surface area contributed by atoms with Gasteiger partial charge in [-0.2, -0.15) is 4.98 Å². The van der Waals surface area contributed by atoms with Crippen LogP contribution in [0, 0.1) is 0 Å². The van der Waals surface area contributed by atoms with Crippen molar-refractivity contribution in [3.8, 4) is 11.5 Å². The maximum atomic E-state index is 12.5. The molecule has 110 valence electrons. The summed E-state index contributed by atoms with van der Waals surface area (Å²) in [4.78, 5) is 16.5. The van der Waals surface area contributed by atoms with E-state index in [-0.39, 0.29) is 17.0 Å². The predicted octanol–water partition coefficient (Wildman–Crippen LogP) is 1.30. The van der Waals surface area contributed by atoms with Gasteiger partial charge in [-0.25, -0.2) is 5.10 Å². The van der Waals surface area contributed by atoms with Gasteiger partial charge in [-0.05, 0) is 24.1 Å². The Morgan fingerprint density at radius 1 is 1.33 bits per heavy atom. The van der Waals surface area contributed by atoms with E-state index in [1.54, 1.807) is 20.3 Å². The Labute approximate surface area is 125 Å². The molecule has 21 heavy (non-hydrogen) atoms. The minimum Gasteiger partial charge on any atom is -0.493 e. The minimum atomic E-state index is -0.257. The number of nitrogens with one attached hydrogen (secondary N) is 1. The molecular formula is C13H14N4O3S. The molecule has 7 nitrogen and oxygen atoms in total. The summed E-state index contributed by atoms with van der Waals surface area (Å²) in [6, 6.07) is 3.57. The van der Waals surface area contributed by atoms with Gasteiger partial charge in [0, 0.05) is 5.56 Å². The van der Waals surface area contributed by atoms with Crippen molar-refractivity contribution in [2.75, 3.05) is 20.0 Å². The predicted molar refractivity (Wildman–Crippen MR) is 78.0 cm³/mol. The van der Waals surface area contributed by atoms with E-state index in [2.05, 4.69) is 15.2 Å². The fourth-order valence-electron chi connectivity index (χ4n) is 2.32. The fraction of sp³-hybridized carbons (Fsp3) is 0.308. The maximum absolute atomic E-state index is 12.5. The van der Waals surface area contributed by atoms with Crippen LogP contribution in [0.5, 0.6) is 11.5 Å². The summed E-state index contributed by atoms with van der Waals surface area (Å²) in [6.45, 7) is 0. The monoisotopic (exact) mass is 306 g/mol. The number of thioether (sulfide) groups is 1. The maximum Gasteiger partial charge on any atom is 0.216 e. The van der Waals surface area contributed by atoms with Crippen molar-refractivity contribution in [1.82, 2.24) is 15.2 Å². The Morgan fingerprint density at radius 3 is 2.67 bits per heavy atom. The number of fused-ring (bicyclic) bond motifs is 1. The minimum absolute atomic E-state index is 0.0410. The number of rotatable bonds is 4. The second-order valence-electron chi connectivity index (χ2n) is 4.54. The number of carbonyl (C=O) groups is 1. The molecular weight excluding hydrogens is 292 g/mol. The zero-order valence-corrected chi connectivity index (χ0v) is 12.4. The van der Waals surface area contributed by atoms with Gasteiger partial charge in [0.1, 0.15) is 0 Å². The number of methoxy groups -OCH3 is 2. The molecule has 1 unspecified atom stereocenters. The number of carbonyl (C=O) groups excluding carboxylic acids is 1. The summed E-state index contributed by atoms with van der Waals surface area (Å²) in [5.74, 6) is 1.46. The highest BCUT2D eigenvalue weighted by Crippen LogP contribution is 2.39. The number of ketones is 1. The summed E-state index contributed by atoms with van der Waals surface area (Å²) >= 11 is 1.30. The van der Waals surface area contributed by atoms with E-state index in [0.29, 0.717) is 28.6 Å². The second kappa shape index (κ2) is 5.28. The van der Waals surface area contributed by atoms with Gasteiger partial charge in [-0.15, -0.1) is 5.10 Å². The van der Waals surface area contributed by atoms with E-state index >= 15 is 0 Å². The Hall–Kier alpha value is -2.22. The second-order valence-corrected chi connectivity index (χ2v) is 5.71. The zero-order valence-electron chi connectivity index (χ0n) is 11.5. The van der Waals surface area contributed by atoms with Crippen LogP contribution in [0.4, 0.5) is 5.95 Å². The lowest BCUT2D eigenvalue weighted by atomic mass is 10.1. The largest absolute Gasteiger partial charge is 0.493 e. The van der Waals surface area contributed by atoms with Crippen LogP contribution in [-0.4, -0.2) is 40.4 Å². The van der Waals surface area contributed by atoms with Crippen molar-refractivity contribution in [1.29, 1.82) is 0 Å². The van der Waals surface area contributed by atoms with Crippen LogP contribution in [-0.2, 0) is 6.42 Å². The number of nitrogen functional groups attached to an aromatic ring is 1. The highest BCUT2D eigenvalue weighted by Gasteiger charge is 2.33. The van der Waals surface area contributed by atoms with Crippen molar-refractivity contribution >= 4 is 23.5 Å². The smallest absolute Gasteiger partial charge is 0.216 e. The molecule has 0 bridgehead atoms. The van der Waals surface area contributed by atoms with E-state index in [0.717, 1.165) is 5.56 Å². The lowest BCUT2D eigenvalue weighted by Crippen LogP contribution is -2.11. The highest BCUT2D eigenvalue weighted by molar-refractivity contribution is 8.00. The van der Waals surface area contributed by atoms with E-state index in [1.807, 2.05) is 6.07 Å². The topological polar surface area (TPSA) is 103 Å². The average Bonchev–Trinajstić information content (AvgIpc) is 3.02. The number of benzene rings is 1. The number of aromatic nitrogens is 3. The molecule has 0 saturated carbocycles. The molecule has 0 spiro atoms. The fourth-order valence-corrected chi connectivity index (χ4v) is 3.32. The molecule has 0 fully saturated rings. The van der Waals surface area contributed by atoms with Crippen LogP contribution in [0.1, 0.15) is 15.9 Å². The number of anilines is 1. The van der Waals surface area contributed by atoms with Crippen molar-refractivity contribution in [2.24, 2.45) is 0 Å². The number of ether oxygens (including phenoxy) is 2. The van der Waals surface area contributed by atoms with Crippen LogP contribution in [0.25, 0.3) is 0 Å². The van der Waals surface area contributed by atoms with Gasteiger partial charge in [0.15, 0.2) is 17.3 Å². The molecule has 0 amide bonds. The van der Waals surface area contributed by atoms with Crippen molar-refractivity contribution in [3.63, 3.8) is 0 Å². The van der Waals surface area contributed by atoms with E-state index in [4.69, 9.17) is 15.2 Å². The first kappa shape index (κ1) is 13.7. The number of hydrogen-bond donors (Lipinski definition) is 2. The lowest BCUT2D eigenvalue weighted by molar-refractivity contribution is 0.1000. The number of Topliss-reactive ketones (excluding diaryl/α,β-unsaturated/α-hetero) is 1. The average molecular weight is 306 g/mol. The SMILES string of the molecule is COc1cc2c(cc1OC)C(=O)C(Sc1n[nH]c(N)n1)C2. The van der Waals surface area contributed by atoms with Crippen LogP contribution >= 0.6 is 11.8 Å². The van der Waals surface area contributed by atoms with Gasteiger partial charge >= 0.3 is 0 Å². The molecule has 0 saturated heterocycles. The molecule has 1 aliphatic carbocycles. The van der Waals surface area contributed by atoms with E-state index < -0.39 is 0 Å². The molecule has 1 aromatic carbocycles. The number of hydrogen-bond acceptors (Lipinski definition) is 7. The molecule has 1 aromatic heterocycles. The normalized spacial score (nSPS) is 16.9. The van der Waals surface area contributed by atoms with E-state index in [9.17, 15) is 4.79 Å². The first-order chi connectivity index (χ1) is 10.1. The van der Waals surface area contributed by atoms with Gasteiger partial charge in [-0.1, -0.05) is 11.8 Å². The standard InChI is InChI=1S/C13H14N4O3S/c1-19-8-3-6-4-10(21-13-15-12(14)16-17-13)11(18)7(6)5-9(8)20-2/h3,5,10H,4H2,1-2H3,(H3,14,15,16,17). The summed E-state index contributed by atoms with van der Waals surface area (Å²) < 4.78 is 10.5. The number of nitrogens with two attached hydrogens (primary N) is 1. The Balaban J connectivity index is 1.87. The molecule has 1 atom stereocenters. The van der Waals surface area contributed by atoms with Crippen LogP contribution < -0.4 is 15.2 Å². The molecule has 0 aliphatic heterocycles. The molecule has 2 aromatic rings. The number of aromatic amines is 1. The molecule has 0 radical (unpaired) electrons. The highest BCUT2D eigenvalue weighted by atomic mass is 32.2. The Bertz CT molecular complexity index is 701. The van der Waals surface area contributed by atoms with Crippen molar-refractivity contribution in [2.45, 2.75) is 16.8 Å². The van der Waals surface area contributed by atoms with Gasteiger partial charge < -0.3 is 15.2 Å².